The molecular formula is C20H28N2O3. The van der Waals surface area contributed by atoms with E-state index in [0.29, 0.717) is 19.4 Å². The first-order valence-electron chi connectivity index (χ1n) is 9.27. The van der Waals surface area contributed by atoms with Gasteiger partial charge in [0.15, 0.2) is 0 Å². The summed E-state index contributed by atoms with van der Waals surface area (Å²) in [5.41, 5.74) is 2.13. The van der Waals surface area contributed by atoms with Crippen LogP contribution in [0.3, 0.4) is 0 Å². The van der Waals surface area contributed by atoms with Gasteiger partial charge in [-0.05, 0) is 48.8 Å². The Morgan fingerprint density at radius 1 is 1.32 bits per heavy atom. The monoisotopic (exact) mass is 344 g/mol. The third-order valence-corrected chi connectivity index (χ3v) is 5.50. The van der Waals surface area contributed by atoms with Gasteiger partial charge in [0.1, 0.15) is 0 Å². The summed E-state index contributed by atoms with van der Waals surface area (Å²) in [6, 6.07) is 7.77. The van der Waals surface area contributed by atoms with Crippen LogP contribution in [0.5, 0.6) is 0 Å². The smallest absolute Gasteiger partial charge is 0.227 e. The molecule has 1 saturated heterocycles. The van der Waals surface area contributed by atoms with Crippen LogP contribution in [0.2, 0.25) is 0 Å². The normalized spacial score (nSPS) is 18.9. The van der Waals surface area contributed by atoms with Gasteiger partial charge in [-0.25, -0.2) is 0 Å². The summed E-state index contributed by atoms with van der Waals surface area (Å²) in [5, 5.41) is 3.04. The number of rotatable bonds is 8. The highest BCUT2D eigenvalue weighted by Crippen LogP contribution is 2.43. The molecule has 1 saturated carbocycles. The fraction of sp³-hybridized carbons (Fsp3) is 0.600. The molecule has 5 nitrogen and oxygen atoms in total. The zero-order chi connectivity index (χ0) is 17.7. The Morgan fingerprint density at radius 3 is 2.80 bits per heavy atom. The first-order valence-corrected chi connectivity index (χ1v) is 9.27. The van der Waals surface area contributed by atoms with Crippen LogP contribution in [0.25, 0.3) is 0 Å². The van der Waals surface area contributed by atoms with Crippen molar-refractivity contribution in [3.05, 3.63) is 29.8 Å². The number of amides is 2. The Labute approximate surface area is 149 Å². The minimum atomic E-state index is 0.0387. The van der Waals surface area contributed by atoms with E-state index in [9.17, 15) is 9.59 Å². The Kier molecular flexibility index (Phi) is 5.74. The maximum absolute atomic E-state index is 12.2. The Hall–Kier alpha value is -1.88. The van der Waals surface area contributed by atoms with Crippen molar-refractivity contribution >= 4 is 17.5 Å². The number of anilines is 1. The van der Waals surface area contributed by atoms with E-state index in [1.807, 2.05) is 29.2 Å². The summed E-state index contributed by atoms with van der Waals surface area (Å²) in [4.78, 5) is 25.9. The SMILES string of the molecule is COCC1(CCNC(=O)Cc2cccc(N3CCCC3=O)c2)CCC1. The van der Waals surface area contributed by atoms with Crippen LogP contribution in [0.15, 0.2) is 24.3 Å². The molecule has 2 fully saturated rings. The standard InChI is InChI=1S/C20H28N2O3/c1-25-15-20(8-4-9-20)10-11-21-18(23)14-16-5-2-6-17(13-16)22-12-3-7-19(22)24/h2,5-6,13H,3-4,7-12,14-15H2,1H3,(H,21,23). The molecule has 2 aliphatic rings. The average molecular weight is 344 g/mol. The summed E-state index contributed by atoms with van der Waals surface area (Å²) < 4.78 is 5.33. The van der Waals surface area contributed by atoms with Crippen LogP contribution < -0.4 is 10.2 Å². The van der Waals surface area contributed by atoms with Gasteiger partial charge in [-0.2, -0.15) is 0 Å². The van der Waals surface area contributed by atoms with Crippen LogP contribution in [0, 0.1) is 5.41 Å². The van der Waals surface area contributed by atoms with Gasteiger partial charge >= 0.3 is 0 Å². The van der Waals surface area contributed by atoms with Crippen molar-refractivity contribution < 1.29 is 14.3 Å². The summed E-state index contributed by atoms with van der Waals surface area (Å²) >= 11 is 0. The van der Waals surface area contributed by atoms with Crippen LogP contribution >= 0.6 is 0 Å². The van der Waals surface area contributed by atoms with Gasteiger partial charge in [0, 0.05) is 32.3 Å². The summed E-state index contributed by atoms with van der Waals surface area (Å²) in [6.45, 7) is 2.26. The van der Waals surface area contributed by atoms with Crippen LogP contribution in [-0.4, -0.2) is 38.6 Å². The second-order valence-electron chi connectivity index (χ2n) is 7.38. The fourth-order valence-corrected chi connectivity index (χ4v) is 3.92. The van der Waals surface area contributed by atoms with Gasteiger partial charge in [0.2, 0.25) is 11.8 Å². The van der Waals surface area contributed by atoms with Gasteiger partial charge in [-0.1, -0.05) is 18.6 Å². The number of hydrogen-bond donors (Lipinski definition) is 1. The van der Waals surface area contributed by atoms with Crippen molar-refractivity contribution in [2.24, 2.45) is 5.41 Å². The van der Waals surface area contributed by atoms with E-state index in [0.717, 1.165) is 37.2 Å². The molecular weight excluding hydrogens is 316 g/mol. The number of ether oxygens (including phenoxy) is 1. The second-order valence-corrected chi connectivity index (χ2v) is 7.38. The molecule has 0 spiro atoms. The van der Waals surface area contributed by atoms with E-state index in [1.165, 1.54) is 19.3 Å². The number of carbonyl (C=O) groups is 2. The lowest BCUT2D eigenvalue weighted by molar-refractivity contribution is -0.120. The predicted molar refractivity (Wildman–Crippen MR) is 97.5 cm³/mol. The molecule has 1 aliphatic heterocycles. The lowest BCUT2D eigenvalue weighted by atomic mass is 9.67. The number of hydrogen-bond acceptors (Lipinski definition) is 3. The van der Waals surface area contributed by atoms with Crippen LogP contribution in [0.4, 0.5) is 5.69 Å². The summed E-state index contributed by atoms with van der Waals surface area (Å²) in [5.74, 6) is 0.210. The molecule has 1 aromatic carbocycles. The molecule has 1 aliphatic carbocycles. The van der Waals surface area contributed by atoms with Crippen molar-refractivity contribution in [2.45, 2.75) is 44.9 Å². The highest BCUT2D eigenvalue weighted by molar-refractivity contribution is 5.95. The van der Waals surface area contributed by atoms with E-state index in [4.69, 9.17) is 4.74 Å². The highest BCUT2D eigenvalue weighted by Gasteiger charge is 2.36. The molecule has 1 aromatic rings. The molecule has 136 valence electrons. The van der Waals surface area contributed by atoms with Crippen molar-refractivity contribution in [3.8, 4) is 0 Å². The molecule has 1 N–H and O–H groups in total. The molecule has 0 bridgehead atoms. The quantitative estimate of drug-likeness (QED) is 0.789. The minimum absolute atomic E-state index is 0.0387. The molecule has 2 amide bonds. The van der Waals surface area contributed by atoms with E-state index in [1.54, 1.807) is 7.11 Å². The van der Waals surface area contributed by atoms with Gasteiger partial charge in [0.25, 0.3) is 0 Å². The first-order chi connectivity index (χ1) is 12.1. The Balaban J connectivity index is 1.48. The van der Waals surface area contributed by atoms with Gasteiger partial charge in [-0.15, -0.1) is 0 Å². The van der Waals surface area contributed by atoms with Crippen molar-refractivity contribution in [1.82, 2.24) is 5.32 Å². The van der Waals surface area contributed by atoms with E-state index < -0.39 is 0 Å². The second kappa shape index (κ2) is 8.00. The molecule has 3 rings (SSSR count). The maximum atomic E-state index is 12.2. The average Bonchev–Trinajstić information content (AvgIpc) is 2.99. The van der Waals surface area contributed by atoms with Crippen molar-refractivity contribution in [2.75, 3.05) is 31.7 Å². The molecule has 25 heavy (non-hydrogen) atoms. The Morgan fingerprint density at radius 2 is 2.16 bits per heavy atom. The third-order valence-electron chi connectivity index (χ3n) is 5.50. The van der Waals surface area contributed by atoms with Gasteiger partial charge in [-0.3, -0.25) is 9.59 Å². The van der Waals surface area contributed by atoms with E-state index >= 15 is 0 Å². The van der Waals surface area contributed by atoms with E-state index in [-0.39, 0.29) is 17.2 Å². The lowest BCUT2D eigenvalue weighted by Gasteiger charge is -2.41. The maximum Gasteiger partial charge on any atom is 0.227 e. The van der Waals surface area contributed by atoms with Crippen molar-refractivity contribution in [3.63, 3.8) is 0 Å². The highest BCUT2D eigenvalue weighted by atomic mass is 16.5. The summed E-state index contributed by atoms with van der Waals surface area (Å²) in [6.07, 6.45) is 6.52. The van der Waals surface area contributed by atoms with Gasteiger partial charge in [0.05, 0.1) is 13.0 Å². The molecule has 0 atom stereocenters. The predicted octanol–water partition coefficient (Wildman–Crippen LogP) is 2.68. The molecule has 0 radical (unpaired) electrons. The summed E-state index contributed by atoms with van der Waals surface area (Å²) in [7, 11) is 1.75. The van der Waals surface area contributed by atoms with Gasteiger partial charge < -0.3 is 15.0 Å². The molecule has 5 heteroatoms. The number of carbonyl (C=O) groups excluding carboxylic acids is 2. The topological polar surface area (TPSA) is 58.6 Å². The molecule has 0 aromatic heterocycles. The zero-order valence-corrected chi connectivity index (χ0v) is 15.1. The Bertz CT molecular complexity index is 625. The van der Waals surface area contributed by atoms with E-state index in [2.05, 4.69) is 5.32 Å². The third kappa shape index (κ3) is 4.40. The number of methoxy groups -OCH3 is 1. The van der Waals surface area contributed by atoms with Crippen molar-refractivity contribution in [1.29, 1.82) is 0 Å². The largest absolute Gasteiger partial charge is 0.384 e. The zero-order valence-electron chi connectivity index (χ0n) is 15.1. The molecule has 0 unspecified atom stereocenters. The number of nitrogens with one attached hydrogen (secondary N) is 1. The first kappa shape index (κ1) is 17.9. The minimum Gasteiger partial charge on any atom is -0.384 e. The van der Waals surface area contributed by atoms with Crippen LogP contribution in [0.1, 0.15) is 44.1 Å². The lowest BCUT2D eigenvalue weighted by Crippen LogP contribution is -2.38. The number of nitrogens with zero attached hydrogens (tertiary/aromatic N) is 1. The molecule has 1 heterocycles. The van der Waals surface area contributed by atoms with Crippen LogP contribution in [-0.2, 0) is 20.7 Å². The number of benzene rings is 1. The fourth-order valence-electron chi connectivity index (χ4n) is 3.92.